The Morgan fingerprint density at radius 2 is 1.86 bits per heavy atom. The van der Waals surface area contributed by atoms with Crippen molar-refractivity contribution >= 4 is 34.8 Å². The van der Waals surface area contributed by atoms with Crippen molar-refractivity contribution in [2.24, 2.45) is 0 Å². The van der Waals surface area contributed by atoms with E-state index in [1.165, 1.54) is 11.3 Å². The van der Waals surface area contributed by atoms with Crippen molar-refractivity contribution in [1.29, 1.82) is 0 Å². The fourth-order valence-electron chi connectivity index (χ4n) is 3.61. The van der Waals surface area contributed by atoms with E-state index in [0.29, 0.717) is 17.8 Å². The van der Waals surface area contributed by atoms with Crippen LogP contribution in [0.25, 0.3) is 0 Å². The van der Waals surface area contributed by atoms with Gasteiger partial charge in [0.15, 0.2) is 6.61 Å². The van der Waals surface area contributed by atoms with Crippen molar-refractivity contribution in [3.05, 3.63) is 51.7 Å². The van der Waals surface area contributed by atoms with E-state index in [2.05, 4.69) is 5.32 Å². The second-order valence-electron chi connectivity index (χ2n) is 6.95. The molecular weight excluding hydrogens is 388 g/mol. The summed E-state index contributed by atoms with van der Waals surface area (Å²) < 4.78 is 5.26. The van der Waals surface area contributed by atoms with Crippen LogP contribution in [0.5, 0.6) is 0 Å². The van der Waals surface area contributed by atoms with Crippen molar-refractivity contribution in [2.75, 3.05) is 18.5 Å². The number of ether oxygens (including phenoxy) is 1. The van der Waals surface area contributed by atoms with Crippen LogP contribution >= 0.6 is 11.3 Å². The number of thiophene rings is 1. The Balaban J connectivity index is 1.59. The number of amides is 2. The van der Waals surface area contributed by atoms with E-state index in [4.69, 9.17) is 4.74 Å². The summed E-state index contributed by atoms with van der Waals surface area (Å²) in [5.41, 5.74) is 2.90. The van der Waals surface area contributed by atoms with Crippen LogP contribution < -0.4 is 5.32 Å². The highest BCUT2D eigenvalue weighted by atomic mass is 32.1. The Bertz CT molecular complexity index is 857. The minimum absolute atomic E-state index is 0.159. The second kappa shape index (κ2) is 9.69. The molecule has 0 bridgehead atoms. The number of nitrogens with zero attached hydrogens (tertiary/aromatic N) is 1. The van der Waals surface area contributed by atoms with Crippen molar-refractivity contribution < 1.29 is 19.1 Å². The summed E-state index contributed by atoms with van der Waals surface area (Å²) in [4.78, 5) is 39.7. The van der Waals surface area contributed by atoms with Gasteiger partial charge in [-0.25, -0.2) is 4.79 Å². The van der Waals surface area contributed by atoms with E-state index in [0.717, 1.165) is 36.1 Å². The Morgan fingerprint density at radius 1 is 1.14 bits per heavy atom. The maximum atomic E-state index is 12.6. The molecule has 1 aromatic carbocycles. The summed E-state index contributed by atoms with van der Waals surface area (Å²) >= 11 is 1.35. The van der Waals surface area contributed by atoms with Crippen molar-refractivity contribution in [2.45, 2.75) is 45.6 Å². The van der Waals surface area contributed by atoms with Gasteiger partial charge in [-0.3, -0.25) is 9.59 Å². The SMILES string of the molecule is CCc1cccc(CC)c1NC(=O)COC(=O)[C@@H]1CCCN1C(=O)c1cccs1. The molecule has 1 aliphatic heterocycles. The summed E-state index contributed by atoms with van der Waals surface area (Å²) in [6.45, 7) is 4.22. The highest BCUT2D eigenvalue weighted by molar-refractivity contribution is 7.12. The maximum Gasteiger partial charge on any atom is 0.329 e. The van der Waals surface area contributed by atoms with Crippen molar-refractivity contribution in [3.8, 4) is 0 Å². The lowest BCUT2D eigenvalue weighted by Crippen LogP contribution is -2.41. The van der Waals surface area contributed by atoms with Gasteiger partial charge in [-0.2, -0.15) is 0 Å². The summed E-state index contributed by atoms with van der Waals surface area (Å²) in [6, 6.07) is 8.86. The maximum absolute atomic E-state index is 12.6. The quantitative estimate of drug-likeness (QED) is 0.702. The number of carbonyl (C=O) groups excluding carboxylic acids is 3. The van der Waals surface area contributed by atoms with Gasteiger partial charge in [0.05, 0.1) is 4.88 Å². The molecule has 6 nitrogen and oxygen atoms in total. The molecule has 1 aromatic heterocycles. The molecule has 3 rings (SSSR count). The zero-order chi connectivity index (χ0) is 20.8. The third-order valence-corrected chi connectivity index (χ3v) is 5.98. The van der Waals surface area contributed by atoms with Gasteiger partial charge in [-0.05, 0) is 48.3 Å². The Labute approximate surface area is 174 Å². The van der Waals surface area contributed by atoms with E-state index in [9.17, 15) is 14.4 Å². The minimum Gasteiger partial charge on any atom is -0.454 e. The third-order valence-electron chi connectivity index (χ3n) is 5.13. The lowest BCUT2D eigenvalue weighted by Gasteiger charge is -2.22. The molecule has 0 saturated carbocycles. The van der Waals surface area contributed by atoms with E-state index in [-0.39, 0.29) is 18.4 Å². The van der Waals surface area contributed by atoms with Crippen LogP contribution in [-0.4, -0.2) is 41.9 Å². The molecular formula is C22H26N2O4S. The molecule has 29 heavy (non-hydrogen) atoms. The normalized spacial score (nSPS) is 15.9. The van der Waals surface area contributed by atoms with Crippen LogP contribution in [0.1, 0.15) is 47.5 Å². The van der Waals surface area contributed by atoms with Gasteiger partial charge in [0.2, 0.25) is 0 Å². The first-order valence-electron chi connectivity index (χ1n) is 9.96. The largest absolute Gasteiger partial charge is 0.454 e. The minimum atomic E-state index is -0.633. The molecule has 0 aliphatic carbocycles. The average molecular weight is 415 g/mol. The van der Waals surface area contributed by atoms with Gasteiger partial charge in [0, 0.05) is 12.2 Å². The first kappa shape index (κ1) is 21.0. The summed E-state index contributed by atoms with van der Waals surface area (Å²) in [5, 5.41) is 4.72. The molecule has 0 spiro atoms. The average Bonchev–Trinajstić information content (AvgIpc) is 3.43. The number of rotatable bonds is 7. The molecule has 2 amide bonds. The van der Waals surface area contributed by atoms with Crippen molar-refractivity contribution in [3.63, 3.8) is 0 Å². The highest BCUT2D eigenvalue weighted by Gasteiger charge is 2.36. The van der Waals surface area contributed by atoms with E-state index < -0.39 is 12.0 Å². The number of hydrogen-bond donors (Lipinski definition) is 1. The number of likely N-dealkylation sites (tertiary alicyclic amines) is 1. The predicted molar refractivity (Wildman–Crippen MR) is 113 cm³/mol. The summed E-state index contributed by atoms with van der Waals surface area (Å²) in [6.07, 6.45) is 2.89. The van der Waals surface area contributed by atoms with Crippen LogP contribution in [0.15, 0.2) is 35.7 Å². The molecule has 7 heteroatoms. The number of carbonyl (C=O) groups is 3. The van der Waals surface area contributed by atoms with Gasteiger partial charge >= 0.3 is 5.97 Å². The number of aryl methyl sites for hydroxylation is 2. The monoisotopic (exact) mass is 414 g/mol. The molecule has 1 fully saturated rings. The molecule has 1 aliphatic rings. The lowest BCUT2D eigenvalue weighted by molar-refractivity contribution is -0.151. The Morgan fingerprint density at radius 3 is 2.48 bits per heavy atom. The smallest absolute Gasteiger partial charge is 0.329 e. The standard InChI is InChI=1S/C22H26N2O4S/c1-3-15-8-5-9-16(4-2)20(15)23-19(25)14-28-22(27)17-10-6-12-24(17)21(26)18-11-7-13-29-18/h5,7-9,11,13,17H,3-4,6,10,12,14H2,1-2H3,(H,23,25)/t17-/m0/s1. The number of anilines is 1. The second-order valence-corrected chi connectivity index (χ2v) is 7.90. The summed E-state index contributed by atoms with van der Waals surface area (Å²) in [5.74, 6) is -1.06. The number of esters is 1. The van der Waals surface area contributed by atoms with Crippen LogP contribution in [0, 0.1) is 0 Å². The molecule has 2 aromatic rings. The fourth-order valence-corrected chi connectivity index (χ4v) is 4.29. The first-order chi connectivity index (χ1) is 14.0. The van der Waals surface area contributed by atoms with Gasteiger partial charge in [0.1, 0.15) is 6.04 Å². The predicted octanol–water partition coefficient (Wildman–Crippen LogP) is 3.66. The number of nitrogens with one attached hydrogen (secondary N) is 1. The van der Waals surface area contributed by atoms with Crippen LogP contribution in [0.2, 0.25) is 0 Å². The highest BCUT2D eigenvalue weighted by Crippen LogP contribution is 2.24. The fraction of sp³-hybridized carbons (Fsp3) is 0.409. The van der Waals surface area contributed by atoms with Gasteiger partial charge < -0.3 is 15.0 Å². The van der Waals surface area contributed by atoms with Crippen LogP contribution in [0.3, 0.4) is 0 Å². The molecule has 0 radical (unpaired) electrons. The lowest BCUT2D eigenvalue weighted by atomic mass is 10.0. The Kier molecular flexibility index (Phi) is 7.04. The first-order valence-corrected chi connectivity index (χ1v) is 10.8. The molecule has 154 valence electrons. The number of hydrogen-bond acceptors (Lipinski definition) is 5. The number of benzene rings is 1. The third kappa shape index (κ3) is 4.85. The molecule has 1 atom stereocenters. The van der Waals surface area contributed by atoms with Gasteiger partial charge in [-0.1, -0.05) is 38.1 Å². The zero-order valence-electron chi connectivity index (χ0n) is 16.8. The molecule has 1 N–H and O–H groups in total. The summed E-state index contributed by atoms with van der Waals surface area (Å²) in [7, 11) is 0. The van der Waals surface area contributed by atoms with E-state index in [1.807, 2.05) is 43.5 Å². The number of para-hydroxylation sites is 1. The Hall–Kier alpha value is -2.67. The van der Waals surface area contributed by atoms with E-state index in [1.54, 1.807) is 11.0 Å². The zero-order valence-corrected chi connectivity index (χ0v) is 17.6. The van der Waals surface area contributed by atoms with Crippen molar-refractivity contribution in [1.82, 2.24) is 4.90 Å². The molecule has 1 saturated heterocycles. The van der Waals surface area contributed by atoms with Crippen LogP contribution in [-0.2, 0) is 27.2 Å². The van der Waals surface area contributed by atoms with Gasteiger partial charge in [-0.15, -0.1) is 11.3 Å². The van der Waals surface area contributed by atoms with Crippen LogP contribution in [0.4, 0.5) is 5.69 Å². The molecule has 2 heterocycles. The molecule has 0 unspecified atom stereocenters. The van der Waals surface area contributed by atoms with E-state index >= 15 is 0 Å². The topological polar surface area (TPSA) is 75.7 Å². The van der Waals surface area contributed by atoms with Gasteiger partial charge in [0.25, 0.3) is 11.8 Å².